The Labute approximate surface area is 333 Å². The highest BCUT2D eigenvalue weighted by Gasteiger charge is 2.28. The van der Waals surface area contributed by atoms with Crippen LogP contribution < -0.4 is 25.4 Å². The van der Waals surface area contributed by atoms with E-state index in [9.17, 15) is 24.0 Å². The zero-order chi connectivity index (χ0) is 40.9. The molecule has 4 aromatic rings. The summed E-state index contributed by atoms with van der Waals surface area (Å²) in [7, 11) is 5.10. The van der Waals surface area contributed by atoms with Crippen LogP contribution in [0.4, 0.5) is 0 Å². The van der Waals surface area contributed by atoms with E-state index in [1.807, 2.05) is 51.2 Å². The molecule has 3 aromatic carbocycles. The van der Waals surface area contributed by atoms with Crippen molar-refractivity contribution in [3.8, 4) is 11.5 Å². The van der Waals surface area contributed by atoms with Crippen molar-refractivity contribution < 1.29 is 33.4 Å². The zero-order valence-electron chi connectivity index (χ0n) is 33.4. The minimum Gasteiger partial charge on any atom is -0.493 e. The zero-order valence-corrected chi connectivity index (χ0v) is 33.4. The van der Waals surface area contributed by atoms with Gasteiger partial charge in [-0.2, -0.15) is 5.10 Å². The van der Waals surface area contributed by atoms with Crippen LogP contribution in [0.15, 0.2) is 78.9 Å². The SMILES string of the molecule is Cc1nn(C)c(C)c1CCNC(=O)[C@@H]1CCC(=O)N(C)[C@@H](Cc2ccccc2)COc2ccccc2C(=O)N(C)CC(=O)NCCCOc2ccccc2C(=O)N1. The summed E-state index contributed by atoms with van der Waals surface area (Å²) in [5, 5.41) is 13.1. The molecule has 0 spiro atoms. The summed E-state index contributed by atoms with van der Waals surface area (Å²) in [4.78, 5) is 70.9. The van der Waals surface area contributed by atoms with Gasteiger partial charge in [-0.1, -0.05) is 54.6 Å². The average Bonchev–Trinajstić information content (AvgIpc) is 3.45. The van der Waals surface area contributed by atoms with E-state index < -0.39 is 29.8 Å². The fourth-order valence-corrected chi connectivity index (χ4v) is 6.73. The van der Waals surface area contributed by atoms with Gasteiger partial charge in [-0.25, -0.2) is 0 Å². The van der Waals surface area contributed by atoms with Crippen LogP contribution in [0.3, 0.4) is 0 Å². The number of nitrogens with one attached hydrogen (secondary N) is 3. The molecule has 302 valence electrons. The second-order valence-corrected chi connectivity index (χ2v) is 14.2. The maximum Gasteiger partial charge on any atom is 0.257 e. The number of hydrogen-bond donors (Lipinski definition) is 3. The Balaban J connectivity index is 1.41. The van der Waals surface area contributed by atoms with Gasteiger partial charge in [0.05, 0.1) is 36.0 Å². The van der Waals surface area contributed by atoms with E-state index in [4.69, 9.17) is 9.47 Å². The lowest BCUT2D eigenvalue weighted by atomic mass is 10.0. The number of benzene rings is 3. The van der Waals surface area contributed by atoms with Gasteiger partial charge in [0.1, 0.15) is 24.1 Å². The van der Waals surface area contributed by atoms with E-state index in [1.165, 1.54) is 4.90 Å². The van der Waals surface area contributed by atoms with Gasteiger partial charge in [0, 0.05) is 46.3 Å². The number of hydrogen-bond acceptors (Lipinski definition) is 8. The predicted molar refractivity (Wildman–Crippen MR) is 215 cm³/mol. The number of likely N-dealkylation sites (N-methyl/N-ethyl adjacent to an activating group) is 2. The second-order valence-electron chi connectivity index (χ2n) is 14.2. The molecule has 0 radical (unpaired) electrons. The van der Waals surface area contributed by atoms with E-state index in [1.54, 1.807) is 72.2 Å². The topological polar surface area (TPSA) is 164 Å². The van der Waals surface area contributed by atoms with Crippen molar-refractivity contribution in [1.82, 2.24) is 35.5 Å². The van der Waals surface area contributed by atoms with E-state index in [0.29, 0.717) is 37.3 Å². The Hall–Kier alpha value is -6.18. The molecular weight excluding hydrogens is 727 g/mol. The van der Waals surface area contributed by atoms with Gasteiger partial charge in [0.15, 0.2) is 0 Å². The first-order valence-electron chi connectivity index (χ1n) is 19.3. The van der Waals surface area contributed by atoms with Crippen LogP contribution in [0.1, 0.15) is 62.5 Å². The Bertz CT molecular complexity index is 2030. The normalized spacial score (nSPS) is 18.0. The molecule has 1 aliphatic rings. The maximum absolute atomic E-state index is 14.0. The third kappa shape index (κ3) is 11.4. The summed E-state index contributed by atoms with van der Waals surface area (Å²) in [5.41, 5.74) is 4.40. The van der Waals surface area contributed by atoms with Crippen molar-refractivity contribution in [2.24, 2.45) is 7.05 Å². The Morgan fingerprint density at radius 1 is 0.877 bits per heavy atom. The third-order valence-electron chi connectivity index (χ3n) is 10.2. The lowest BCUT2D eigenvalue weighted by Gasteiger charge is -2.29. The minimum absolute atomic E-state index is 0.0248. The van der Waals surface area contributed by atoms with Gasteiger partial charge in [0.2, 0.25) is 17.7 Å². The van der Waals surface area contributed by atoms with Gasteiger partial charge in [-0.15, -0.1) is 0 Å². The lowest BCUT2D eigenvalue weighted by Crippen LogP contribution is -2.48. The molecular formula is C43H53N7O7. The Morgan fingerprint density at radius 2 is 1.54 bits per heavy atom. The lowest BCUT2D eigenvalue weighted by molar-refractivity contribution is -0.133. The number of amides is 5. The second kappa shape index (κ2) is 20.1. The van der Waals surface area contributed by atoms with E-state index in [2.05, 4.69) is 21.0 Å². The Morgan fingerprint density at radius 3 is 2.25 bits per heavy atom. The van der Waals surface area contributed by atoms with Crippen molar-refractivity contribution in [2.75, 3.05) is 46.9 Å². The highest BCUT2D eigenvalue weighted by Crippen LogP contribution is 2.22. The number of ether oxygens (including phenoxy) is 2. The number of fused-ring (bicyclic) bond motifs is 2. The number of carbonyl (C=O) groups is 5. The van der Waals surface area contributed by atoms with E-state index in [-0.39, 0.29) is 62.1 Å². The number of nitrogens with zero attached hydrogens (tertiary/aromatic N) is 4. The summed E-state index contributed by atoms with van der Waals surface area (Å²) < 4.78 is 14.1. The summed E-state index contributed by atoms with van der Waals surface area (Å²) in [6, 6.07) is 21.7. The largest absolute Gasteiger partial charge is 0.493 e. The molecule has 2 atom stereocenters. The monoisotopic (exact) mass is 779 g/mol. The minimum atomic E-state index is -1.05. The molecule has 5 rings (SSSR count). The van der Waals surface area contributed by atoms with Crippen LogP contribution in [0, 0.1) is 13.8 Å². The standard InChI is InChI=1S/C43H53N7O7/c1-29-33(30(2)50(5)47-29)22-24-45-42(54)36-20-21-40(52)49(4)32(26-31-14-7-6-8-15-31)28-57-38-19-12-10-17-35(38)43(55)48(3)27-39(51)44-23-13-25-56-37-18-11-9-16-34(37)41(53)46-36/h6-12,14-19,32,36H,13,20-28H2,1-5H3,(H,44,51)(H,45,54)(H,46,53)/t32-,36-/m0/s1. The molecule has 57 heavy (non-hydrogen) atoms. The fraction of sp³-hybridized carbons (Fsp3) is 0.395. The quantitative estimate of drug-likeness (QED) is 0.268. The molecule has 0 bridgehead atoms. The number of aryl methyl sites for hydroxylation is 2. The summed E-state index contributed by atoms with van der Waals surface area (Å²) >= 11 is 0. The molecule has 0 saturated heterocycles. The first-order chi connectivity index (χ1) is 27.4. The molecule has 0 saturated carbocycles. The number of carbonyl (C=O) groups excluding carboxylic acids is 5. The smallest absolute Gasteiger partial charge is 0.257 e. The van der Waals surface area contributed by atoms with Crippen LogP contribution in [0.2, 0.25) is 0 Å². The van der Waals surface area contributed by atoms with Gasteiger partial charge in [-0.3, -0.25) is 28.7 Å². The summed E-state index contributed by atoms with van der Waals surface area (Å²) in [5.74, 6) is -1.32. The molecule has 1 aliphatic heterocycles. The van der Waals surface area contributed by atoms with Crippen molar-refractivity contribution in [1.29, 1.82) is 0 Å². The molecule has 0 unspecified atom stereocenters. The molecule has 1 aromatic heterocycles. The Kier molecular flexibility index (Phi) is 14.8. The first-order valence-corrected chi connectivity index (χ1v) is 19.3. The van der Waals surface area contributed by atoms with Crippen LogP contribution in [-0.4, -0.2) is 108 Å². The van der Waals surface area contributed by atoms with Crippen molar-refractivity contribution >= 4 is 29.5 Å². The summed E-state index contributed by atoms with van der Waals surface area (Å²) in [6.45, 7) is 4.54. The highest BCUT2D eigenvalue weighted by molar-refractivity contribution is 6.00. The van der Waals surface area contributed by atoms with Crippen LogP contribution >= 0.6 is 0 Å². The average molecular weight is 780 g/mol. The van der Waals surface area contributed by atoms with Gasteiger partial charge < -0.3 is 35.2 Å². The number of rotatable bonds is 6. The highest BCUT2D eigenvalue weighted by atomic mass is 16.5. The molecule has 2 heterocycles. The summed E-state index contributed by atoms with van der Waals surface area (Å²) in [6.07, 6.45) is 1.39. The molecule has 14 heteroatoms. The van der Waals surface area contributed by atoms with E-state index >= 15 is 0 Å². The van der Waals surface area contributed by atoms with Gasteiger partial charge in [0.25, 0.3) is 11.8 Å². The maximum atomic E-state index is 14.0. The fourth-order valence-electron chi connectivity index (χ4n) is 6.73. The number of para-hydroxylation sites is 2. The molecule has 3 N–H and O–H groups in total. The molecule has 0 aliphatic carbocycles. The molecule has 0 fully saturated rings. The number of aromatic nitrogens is 2. The van der Waals surface area contributed by atoms with Gasteiger partial charge >= 0.3 is 0 Å². The van der Waals surface area contributed by atoms with Crippen LogP contribution in [0.25, 0.3) is 0 Å². The van der Waals surface area contributed by atoms with Crippen LogP contribution in [-0.2, 0) is 34.3 Å². The predicted octanol–water partition coefficient (Wildman–Crippen LogP) is 3.39. The molecule has 14 nitrogen and oxygen atoms in total. The molecule has 5 amide bonds. The first kappa shape index (κ1) is 42.0. The van der Waals surface area contributed by atoms with Crippen molar-refractivity contribution in [2.45, 2.75) is 58.0 Å². The van der Waals surface area contributed by atoms with E-state index in [0.717, 1.165) is 22.5 Å². The van der Waals surface area contributed by atoms with Gasteiger partial charge in [-0.05, 0) is 74.9 Å². The van der Waals surface area contributed by atoms with Crippen LogP contribution in [0.5, 0.6) is 11.5 Å². The third-order valence-corrected chi connectivity index (χ3v) is 10.2. The van der Waals surface area contributed by atoms with Crippen molar-refractivity contribution in [3.05, 3.63) is 113 Å². The van der Waals surface area contributed by atoms with Crippen molar-refractivity contribution in [3.63, 3.8) is 0 Å².